The van der Waals surface area contributed by atoms with Gasteiger partial charge in [0.05, 0.1) is 12.9 Å². The molecule has 0 amide bonds. The Morgan fingerprint density at radius 2 is 2.38 bits per heavy atom. The van der Waals surface area contributed by atoms with Crippen molar-refractivity contribution in [2.75, 3.05) is 13.2 Å². The zero-order valence-corrected chi connectivity index (χ0v) is 10.3. The minimum atomic E-state index is 0.308. The molecule has 0 spiro atoms. The molecule has 16 heavy (non-hydrogen) atoms. The predicted molar refractivity (Wildman–Crippen MR) is 68.6 cm³/mol. The van der Waals surface area contributed by atoms with Crippen molar-refractivity contribution < 1.29 is 4.74 Å². The average molecular weight is 240 g/mol. The number of benzene rings is 1. The second-order valence-corrected chi connectivity index (χ2v) is 4.06. The van der Waals surface area contributed by atoms with Crippen molar-refractivity contribution in [2.24, 2.45) is 0 Å². The first-order valence-electron chi connectivity index (χ1n) is 5.45. The van der Waals surface area contributed by atoms with Crippen LogP contribution in [0.4, 0.5) is 0 Å². The van der Waals surface area contributed by atoms with Gasteiger partial charge in [-0.2, -0.15) is 0 Å². The van der Waals surface area contributed by atoms with E-state index in [0.717, 1.165) is 18.0 Å². The van der Waals surface area contributed by atoms with Gasteiger partial charge in [0, 0.05) is 11.1 Å². The summed E-state index contributed by atoms with van der Waals surface area (Å²) in [4.78, 5) is 0. The molecular weight excluding hydrogens is 222 g/mol. The lowest BCUT2D eigenvalue weighted by Crippen LogP contribution is -2.20. The molecule has 0 aliphatic rings. The third-order valence-corrected chi connectivity index (χ3v) is 2.59. The van der Waals surface area contributed by atoms with Gasteiger partial charge in [-0.25, -0.2) is 0 Å². The first kappa shape index (κ1) is 13.1. The van der Waals surface area contributed by atoms with Gasteiger partial charge >= 0.3 is 0 Å². The summed E-state index contributed by atoms with van der Waals surface area (Å²) in [6.45, 7) is 7.24. The van der Waals surface area contributed by atoms with E-state index in [1.54, 1.807) is 0 Å². The first-order valence-corrected chi connectivity index (χ1v) is 5.83. The van der Waals surface area contributed by atoms with Gasteiger partial charge < -0.3 is 10.1 Å². The monoisotopic (exact) mass is 239 g/mol. The maximum atomic E-state index is 5.93. The van der Waals surface area contributed by atoms with Crippen molar-refractivity contribution >= 4 is 11.6 Å². The molecule has 0 fully saturated rings. The minimum absolute atomic E-state index is 0.308. The van der Waals surface area contributed by atoms with E-state index >= 15 is 0 Å². The molecule has 0 saturated carbocycles. The Hall–Kier alpha value is -0.990. The topological polar surface area (TPSA) is 21.3 Å². The molecule has 0 heterocycles. The highest BCUT2D eigenvalue weighted by Gasteiger charge is 2.04. The van der Waals surface area contributed by atoms with Crippen molar-refractivity contribution in [2.45, 2.75) is 19.4 Å². The van der Waals surface area contributed by atoms with E-state index in [1.807, 2.05) is 18.2 Å². The fraction of sp³-hybridized carbons (Fsp3) is 0.385. The van der Waals surface area contributed by atoms with Crippen LogP contribution in [0.2, 0.25) is 5.02 Å². The molecule has 0 radical (unpaired) electrons. The van der Waals surface area contributed by atoms with Crippen molar-refractivity contribution in [1.82, 2.24) is 5.32 Å². The van der Waals surface area contributed by atoms with Crippen LogP contribution in [0.5, 0.6) is 0 Å². The summed E-state index contributed by atoms with van der Waals surface area (Å²) >= 11 is 5.93. The molecule has 1 atom stereocenters. The predicted octanol–water partition coefficient (Wildman–Crippen LogP) is 3.54. The SMILES string of the molecule is C=COCCCNC(C)c1cccc(Cl)c1. The fourth-order valence-corrected chi connectivity index (χ4v) is 1.65. The molecule has 2 nitrogen and oxygen atoms in total. The lowest BCUT2D eigenvalue weighted by Gasteiger charge is -2.14. The second-order valence-electron chi connectivity index (χ2n) is 3.62. The van der Waals surface area contributed by atoms with Crippen LogP contribution in [0.3, 0.4) is 0 Å². The zero-order chi connectivity index (χ0) is 11.8. The van der Waals surface area contributed by atoms with Gasteiger partial charge in [-0.1, -0.05) is 30.3 Å². The lowest BCUT2D eigenvalue weighted by atomic mass is 10.1. The van der Waals surface area contributed by atoms with E-state index in [1.165, 1.54) is 11.8 Å². The Kier molecular flexibility index (Phi) is 5.98. The van der Waals surface area contributed by atoms with E-state index in [2.05, 4.69) is 24.9 Å². The molecule has 0 aliphatic carbocycles. The summed E-state index contributed by atoms with van der Waals surface area (Å²) in [6.07, 6.45) is 2.44. The number of rotatable bonds is 7. The number of hydrogen-bond acceptors (Lipinski definition) is 2. The van der Waals surface area contributed by atoms with Crippen LogP contribution in [-0.4, -0.2) is 13.2 Å². The first-order chi connectivity index (χ1) is 7.74. The van der Waals surface area contributed by atoms with Crippen LogP contribution in [-0.2, 0) is 4.74 Å². The van der Waals surface area contributed by atoms with E-state index < -0.39 is 0 Å². The van der Waals surface area contributed by atoms with Crippen LogP contribution < -0.4 is 5.32 Å². The summed E-state index contributed by atoms with van der Waals surface area (Å²) in [5.41, 5.74) is 1.21. The van der Waals surface area contributed by atoms with Crippen molar-refractivity contribution in [3.05, 3.63) is 47.7 Å². The van der Waals surface area contributed by atoms with Crippen molar-refractivity contribution in [1.29, 1.82) is 0 Å². The van der Waals surface area contributed by atoms with Gasteiger partial charge in [0.25, 0.3) is 0 Å². The van der Waals surface area contributed by atoms with Gasteiger partial charge in [0.2, 0.25) is 0 Å². The Labute approximate surface area is 102 Å². The fourth-order valence-electron chi connectivity index (χ4n) is 1.45. The van der Waals surface area contributed by atoms with Crippen LogP contribution >= 0.6 is 11.6 Å². The zero-order valence-electron chi connectivity index (χ0n) is 9.58. The van der Waals surface area contributed by atoms with Gasteiger partial charge in [-0.05, 0) is 37.6 Å². The molecule has 1 unspecified atom stereocenters. The molecule has 0 bridgehead atoms. The van der Waals surface area contributed by atoms with Crippen molar-refractivity contribution in [3.8, 4) is 0 Å². The molecule has 3 heteroatoms. The lowest BCUT2D eigenvalue weighted by molar-refractivity contribution is 0.243. The molecule has 1 aromatic carbocycles. The summed E-state index contributed by atoms with van der Waals surface area (Å²) in [5, 5.41) is 4.19. The second kappa shape index (κ2) is 7.31. The van der Waals surface area contributed by atoms with Gasteiger partial charge in [0.1, 0.15) is 0 Å². The Bertz CT molecular complexity index is 327. The summed E-state index contributed by atoms with van der Waals surface area (Å²) in [6, 6.07) is 8.22. The molecule has 88 valence electrons. The summed E-state index contributed by atoms with van der Waals surface area (Å²) in [7, 11) is 0. The highest BCUT2D eigenvalue weighted by atomic mass is 35.5. The molecule has 0 aromatic heterocycles. The summed E-state index contributed by atoms with van der Waals surface area (Å²) < 4.78 is 5.04. The van der Waals surface area contributed by atoms with E-state index in [-0.39, 0.29) is 0 Å². The number of nitrogens with one attached hydrogen (secondary N) is 1. The van der Waals surface area contributed by atoms with Gasteiger partial charge in [-0.15, -0.1) is 0 Å². The third kappa shape index (κ3) is 4.69. The molecule has 0 aliphatic heterocycles. The number of hydrogen-bond donors (Lipinski definition) is 1. The maximum absolute atomic E-state index is 5.93. The third-order valence-electron chi connectivity index (χ3n) is 2.36. The van der Waals surface area contributed by atoms with Crippen LogP contribution in [0.1, 0.15) is 24.9 Å². The Morgan fingerprint density at radius 1 is 1.56 bits per heavy atom. The van der Waals surface area contributed by atoms with E-state index in [4.69, 9.17) is 16.3 Å². The molecule has 1 aromatic rings. The van der Waals surface area contributed by atoms with Gasteiger partial charge in [0.15, 0.2) is 0 Å². The Morgan fingerprint density at radius 3 is 3.06 bits per heavy atom. The van der Waals surface area contributed by atoms with E-state index in [9.17, 15) is 0 Å². The molecule has 1 N–H and O–H groups in total. The molecule has 0 saturated heterocycles. The van der Waals surface area contributed by atoms with E-state index in [0.29, 0.717) is 12.6 Å². The Balaban J connectivity index is 2.29. The average Bonchev–Trinajstić information content (AvgIpc) is 2.28. The maximum Gasteiger partial charge on any atom is 0.0885 e. The highest BCUT2D eigenvalue weighted by molar-refractivity contribution is 6.30. The van der Waals surface area contributed by atoms with Gasteiger partial charge in [-0.3, -0.25) is 0 Å². The quantitative estimate of drug-likeness (QED) is 0.581. The molecular formula is C13H18ClNO. The standard InChI is InChI=1S/C13H18ClNO/c1-3-16-9-5-8-15-11(2)12-6-4-7-13(14)10-12/h3-4,6-7,10-11,15H,1,5,8-9H2,2H3. The highest BCUT2D eigenvalue weighted by Crippen LogP contribution is 2.16. The van der Waals surface area contributed by atoms with Crippen LogP contribution in [0, 0.1) is 0 Å². The largest absolute Gasteiger partial charge is 0.502 e. The minimum Gasteiger partial charge on any atom is -0.502 e. The van der Waals surface area contributed by atoms with Crippen LogP contribution in [0.15, 0.2) is 37.1 Å². The normalized spacial score (nSPS) is 12.1. The molecule has 1 rings (SSSR count). The smallest absolute Gasteiger partial charge is 0.0885 e. The van der Waals surface area contributed by atoms with Crippen molar-refractivity contribution in [3.63, 3.8) is 0 Å². The van der Waals surface area contributed by atoms with Crippen LogP contribution in [0.25, 0.3) is 0 Å². The number of ether oxygens (including phenoxy) is 1. The number of halogens is 1. The summed E-state index contributed by atoms with van der Waals surface area (Å²) in [5.74, 6) is 0.